The van der Waals surface area contributed by atoms with Gasteiger partial charge in [0.15, 0.2) is 11.5 Å². The monoisotopic (exact) mass is 455 g/mol. The number of hydrogen-bond acceptors (Lipinski definition) is 2. The summed E-state index contributed by atoms with van der Waals surface area (Å²) in [4.78, 5) is 0. The van der Waals surface area contributed by atoms with Crippen LogP contribution in [-0.4, -0.2) is 14.6 Å². The first-order valence-corrected chi connectivity index (χ1v) is 10.8. The molecular formula is C26H22BrN3. The molecule has 0 spiro atoms. The number of aromatic nitrogens is 3. The zero-order chi connectivity index (χ0) is 20.9. The van der Waals surface area contributed by atoms with Crippen molar-refractivity contribution < 1.29 is 0 Å². The summed E-state index contributed by atoms with van der Waals surface area (Å²) in [6, 6.07) is 25.5. The molecular weight excluding hydrogens is 434 g/mol. The summed E-state index contributed by atoms with van der Waals surface area (Å²) in [5.41, 5.74) is 5.74. The Morgan fingerprint density at radius 3 is 2.03 bits per heavy atom. The molecule has 0 unspecified atom stereocenters. The van der Waals surface area contributed by atoms with Crippen LogP contribution in [0.3, 0.4) is 0 Å². The Bertz CT molecular complexity index is 1360. The van der Waals surface area contributed by atoms with Gasteiger partial charge in [-0.15, -0.1) is 10.2 Å². The second-order valence-corrected chi connectivity index (χ2v) is 9.56. The summed E-state index contributed by atoms with van der Waals surface area (Å²) in [6.45, 7) is 6.72. The van der Waals surface area contributed by atoms with Gasteiger partial charge in [0.1, 0.15) is 0 Å². The van der Waals surface area contributed by atoms with Gasteiger partial charge >= 0.3 is 0 Å². The van der Waals surface area contributed by atoms with Crippen LogP contribution in [0.1, 0.15) is 26.3 Å². The van der Waals surface area contributed by atoms with E-state index in [4.69, 9.17) is 0 Å². The molecule has 4 heteroatoms. The molecule has 148 valence electrons. The van der Waals surface area contributed by atoms with E-state index in [0.717, 1.165) is 26.9 Å². The lowest BCUT2D eigenvalue weighted by molar-refractivity contribution is 0.590. The molecule has 5 aromatic rings. The first kappa shape index (κ1) is 19.0. The highest BCUT2D eigenvalue weighted by atomic mass is 79.9. The average molecular weight is 456 g/mol. The zero-order valence-corrected chi connectivity index (χ0v) is 18.8. The molecule has 0 saturated heterocycles. The molecule has 0 aliphatic heterocycles. The van der Waals surface area contributed by atoms with E-state index in [1.165, 1.54) is 22.1 Å². The summed E-state index contributed by atoms with van der Waals surface area (Å²) in [5, 5.41) is 11.3. The first-order chi connectivity index (χ1) is 14.4. The van der Waals surface area contributed by atoms with Gasteiger partial charge < -0.3 is 0 Å². The Labute approximate surface area is 184 Å². The smallest absolute Gasteiger partial charge is 0.169 e. The van der Waals surface area contributed by atoms with Crippen molar-refractivity contribution in [3.63, 3.8) is 0 Å². The average Bonchev–Trinajstić information content (AvgIpc) is 3.17. The fourth-order valence-corrected chi connectivity index (χ4v) is 4.15. The summed E-state index contributed by atoms with van der Waals surface area (Å²) in [5.74, 6) is 0.843. The number of fused-ring (bicyclic) bond motifs is 3. The van der Waals surface area contributed by atoms with Crippen molar-refractivity contribution in [1.82, 2.24) is 14.6 Å². The van der Waals surface area contributed by atoms with Crippen LogP contribution in [0, 0.1) is 0 Å². The van der Waals surface area contributed by atoms with Gasteiger partial charge in [0.2, 0.25) is 0 Å². The predicted octanol–water partition coefficient (Wildman–Crippen LogP) is 7.28. The molecule has 0 radical (unpaired) electrons. The van der Waals surface area contributed by atoms with Crippen LogP contribution < -0.4 is 0 Å². The van der Waals surface area contributed by atoms with Gasteiger partial charge in [-0.05, 0) is 34.1 Å². The summed E-state index contributed by atoms with van der Waals surface area (Å²) in [7, 11) is 0. The fourth-order valence-electron chi connectivity index (χ4n) is 3.88. The van der Waals surface area contributed by atoms with E-state index in [9.17, 15) is 0 Å². The normalized spacial score (nSPS) is 12.0. The Balaban J connectivity index is 1.76. The van der Waals surface area contributed by atoms with Crippen molar-refractivity contribution >= 4 is 32.3 Å². The zero-order valence-electron chi connectivity index (χ0n) is 17.2. The Hall–Kier alpha value is -2.98. The van der Waals surface area contributed by atoms with E-state index in [0.29, 0.717) is 0 Å². The molecule has 0 aliphatic rings. The third kappa shape index (κ3) is 3.21. The van der Waals surface area contributed by atoms with Crippen LogP contribution in [-0.2, 0) is 5.41 Å². The molecule has 3 aromatic carbocycles. The number of benzene rings is 3. The second kappa shape index (κ2) is 7.06. The summed E-state index contributed by atoms with van der Waals surface area (Å²) < 4.78 is 3.16. The molecule has 0 aliphatic carbocycles. The van der Waals surface area contributed by atoms with Gasteiger partial charge in [0.25, 0.3) is 0 Å². The predicted molar refractivity (Wildman–Crippen MR) is 128 cm³/mol. The number of nitrogens with zero attached hydrogens (tertiary/aromatic N) is 3. The van der Waals surface area contributed by atoms with Gasteiger partial charge in [-0.1, -0.05) is 97.4 Å². The quantitative estimate of drug-likeness (QED) is 0.280. The van der Waals surface area contributed by atoms with Crippen molar-refractivity contribution in [2.45, 2.75) is 26.2 Å². The second-order valence-electron chi connectivity index (χ2n) is 8.64. The van der Waals surface area contributed by atoms with Crippen LogP contribution in [0.2, 0.25) is 0 Å². The fraction of sp³-hybridized carbons (Fsp3) is 0.154. The molecule has 3 nitrogen and oxygen atoms in total. The van der Waals surface area contributed by atoms with E-state index in [1.807, 2.05) is 12.1 Å². The topological polar surface area (TPSA) is 30.2 Å². The molecule has 0 N–H and O–H groups in total. The minimum absolute atomic E-state index is 0.133. The maximum atomic E-state index is 4.53. The number of pyridine rings is 1. The van der Waals surface area contributed by atoms with Crippen LogP contribution in [0.4, 0.5) is 0 Å². The van der Waals surface area contributed by atoms with Gasteiger partial charge in [0.05, 0.1) is 0 Å². The molecule has 0 amide bonds. The lowest BCUT2D eigenvalue weighted by Gasteiger charge is -2.19. The van der Waals surface area contributed by atoms with Gasteiger partial charge in [-0.3, -0.25) is 4.40 Å². The third-order valence-electron chi connectivity index (χ3n) is 5.58. The molecule has 0 fully saturated rings. The number of halogens is 1. The third-order valence-corrected chi connectivity index (χ3v) is 6.11. The summed E-state index contributed by atoms with van der Waals surface area (Å²) in [6.07, 6.45) is 2.17. The molecule has 0 saturated carbocycles. The van der Waals surface area contributed by atoms with Crippen LogP contribution >= 0.6 is 15.9 Å². The van der Waals surface area contributed by atoms with Crippen molar-refractivity contribution in [1.29, 1.82) is 0 Å². The summed E-state index contributed by atoms with van der Waals surface area (Å²) >= 11 is 3.51. The lowest BCUT2D eigenvalue weighted by Crippen LogP contribution is -2.10. The van der Waals surface area contributed by atoms with Crippen LogP contribution in [0.25, 0.3) is 38.9 Å². The van der Waals surface area contributed by atoms with Crippen molar-refractivity contribution in [3.05, 3.63) is 89.0 Å². The van der Waals surface area contributed by atoms with Crippen molar-refractivity contribution in [2.24, 2.45) is 0 Å². The highest BCUT2D eigenvalue weighted by Gasteiger charge is 2.16. The Kier molecular flexibility index (Phi) is 4.48. The largest absolute Gasteiger partial charge is 0.281 e. The van der Waals surface area contributed by atoms with E-state index in [1.54, 1.807) is 0 Å². The molecule has 5 rings (SSSR count). The maximum absolute atomic E-state index is 4.53. The van der Waals surface area contributed by atoms with E-state index >= 15 is 0 Å². The molecule has 2 heterocycles. The highest BCUT2D eigenvalue weighted by Crippen LogP contribution is 2.34. The minimum Gasteiger partial charge on any atom is -0.281 e. The van der Waals surface area contributed by atoms with E-state index in [2.05, 4.69) is 118 Å². The molecule has 2 aromatic heterocycles. The minimum atomic E-state index is 0.133. The van der Waals surface area contributed by atoms with Crippen molar-refractivity contribution in [3.8, 4) is 22.5 Å². The van der Waals surface area contributed by atoms with Gasteiger partial charge in [0, 0.05) is 27.2 Å². The SMILES string of the molecule is CC(C)(C)c1ccc(-c2cn3c(-c4ccc(Br)cc4)nnc3c3ccccc23)cc1. The van der Waals surface area contributed by atoms with E-state index < -0.39 is 0 Å². The van der Waals surface area contributed by atoms with Crippen LogP contribution in [0.5, 0.6) is 0 Å². The van der Waals surface area contributed by atoms with Gasteiger partial charge in [-0.25, -0.2) is 0 Å². The van der Waals surface area contributed by atoms with Crippen molar-refractivity contribution in [2.75, 3.05) is 0 Å². The Morgan fingerprint density at radius 1 is 0.733 bits per heavy atom. The number of hydrogen-bond donors (Lipinski definition) is 0. The first-order valence-electron chi connectivity index (χ1n) is 10.1. The molecule has 0 bridgehead atoms. The standard InChI is InChI=1S/C26H22BrN3/c1-26(2,3)19-12-8-17(9-13-19)23-16-30-24(18-10-14-20(27)15-11-18)28-29-25(30)22-7-5-4-6-21(22)23/h4-16H,1-3H3. The number of rotatable bonds is 2. The molecule has 30 heavy (non-hydrogen) atoms. The maximum Gasteiger partial charge on any atom is 0.169 e. The van der Waals surface area contributed by atoms with Gasteiger partial charge in [-0.2, -0.15) is 0 Å². The van der Waals surface area contributed by atoms with E-state index in [-0.39, 0.29) is 5.41 Å². The molecule has 0 atom stereocenters. The lowest BCUT2D eigenvalue weighted by atomic mass is 9.86. The Morgan fingerprint density at radius 2 is 1.37 bits per heavy atom. The highest BCUT2D eigenvalue weighted by molar-refractivity contribution is 9.10. The van der Waals surface area contributed by atoms with Crippen LogP contribution in [0.15, 0.2) is 83.5 Å².